The highest BCUT2D eigenvalue weighted by Gasteiger charge is 2.61. The Morgan fingerprint density at radius 2 is 1.88 bits per heavy atom. The number of aliphatic hydroxyl groups is 2. The first kappa shape index (κ1) is 17.5. The maximum absolute atomic E-state index is 14.3. The summed E-state index contributed by atoms with van der Waals surface area (Å²) in [6.07, 6.45) is 6.15. The summed E-state index contributed by atoms with van der Waals surface area (Å²) in [5.74, 6) is 0.174. The van der Waals surface area contributed by atoms with E-state index in [0.717, 1.165) is 38.5 Å². The number of amides is 1. The lowest BCUT2D eigenvalue weighted by atomic mass is 9.47. The van der Waals surface area contributed by atoms with Crippen molar-refractivity contribution in [3.05, 3.63) is 11.9 Å². The van der Waals surface area contributed by atoms with E-state index >= 15 is 0 Å². The third-order valence-corrected chi connectivity index (χ3v) is 8.59. The first-order valence-electron chi connectivity index (χ1n) is 9.72. The van der Waals surface area contributed by atoms with Crippen molar-refractivity contribution in [3.8, 4) is 0 Å². The van der Waals surface area contributed by atoms with Gasteiger partial charge in [0.05, 0.1) is 0 Å². The molecule has 140 valence electrons. The molecule has 0 aromatic heterocycles. The zero-order valence-electron chi connectivity index (χ0n) is 15.4. The SMILES string of the molecule is CN1C(=O)C(F)=C[C@]2(C)C3CC[C@]4(C)[C@@H](C(O)O)CC[C@H]4C3CC[C@@H]12. The molecular weight excluding hydrogens is 321 g/mol. The molecule has 4 aliphatic rings. The molecule has 4 rings (SSSR count). The minimum Gasteiger partial charge on any atom is -0.368 e. The second-order valence-electron chi connectivity index (χ2n) is 9.39. The van der Waals surface area contributed by atoms with Crippen molar-refractivity contribution in [2.45, 2.75) is 64.7 Å². The number of fused-ring (bicyclic) bond motifs is 5. The lowest BCUT2D eigenvalue weighted by Crippen LogP contribution is -2.60. The Balaban J connectivity index is 1.69. The Kier molecular flexibility index (Phi) is 3.86. The van der Waals surface area contributed by atoms with Crippen LogP contribution in [0.5, 0.6) is 0 Å². The van der Waals surface area contributed by atoms with Gasteiger partial charge in [0.25, 0.3) is 5.91 Å². The highest BCUT2D eigenvalue weighted by Crippen LogP contribution is 2.66. The minimum absolute atomic E-state index is 0.0306. The van der Waals surface area contributed by atoms with Crippen LogP contribution in [0.15, 0.2) is 11.9 Å². The van der Waals surface area contributed by atoms with Crippen molar-refractivity contribution in [1.82, 2.24) is 4.90 Å². The number of carbonyl (C=O) groups excluding carboxylic acids is 1. The van der Waals surface area contributed by atoms with Crippen molar-refractivity contribution in [3.63, 3.8) is 0 Å². The van der Waals surface area contributed by atoms with Crippen LogP contribution in [0, 0.1) is 34.5 Å². The van der Waals surface area contributed by atoms with Crippen LogP contribution in [-0.4, -0.2) is 40.4 Å². The summed E-state index contributed by atoms with van der Waals surface area (Å²) in [4.78, 5) is 13.7. The molecule has 1 aliphatic heterocycles. The largest absolute Gasteiger partial charge is 0.368 e. The van der Waals surface area contributed by atoms with E-state index in [1.807, 2.05) is 0 Å². The number of aliphatic hydroxyl groups excluding tert-OH is 1. The molecule has 3 saturated carbocycles. The van der Waals surface area contributed by atoms with Crippen molar-refractivity contribution in [1.29, 1.82) is 0 Å². The molecule has 2 unspecified atom stereocenters. The quantitative estimate of drug-likeness (QED) is 0.714. The zero-order chi connectivity index (χ0) is 18.1. The van der Waals surface area contributed by atoms with Crippen LogP contribution in [0.2, 0.25) is 0 Å². The lowest BCUT2D eigenvalue weighted by molar-refractivity contribution is -0.154. The molecule has 0 radical (unpaired) electrons. The molecule has 5 heteroatoms. The van der Waals surface area contributed by atoms with Gasteiger partial charge in [-0.3, -0.25) is 4.79 Å². The van der Waals surface area contributed by atoms with Crippen LogP contribution < -0.4 is 0 Å². The summed E-state index contributed by atoms with van der Waals surface area (Å²) in [5.41, 5.74) is -0.343. The molecule has 0 aromatic carbocycles. The number of hydrogen-bond donors (Lipinski definition) is 2. The fourth-order valence-corrected chi connectivity index (χ4v) is 7.36. The number of rotatable bonds is 1. The van der Waals surface area contributed by atoms with Gasteiger partial charge in [-0.15, -0.1) is 0 Å². The highest BCUT2D eigenvalue weighted by atomic mass is 19.1. The van der Waals surface area contributed by atoms with Gasteiger partial charge in [0.15, 0.2) is 12.1 Å². The van der Waals surface area contributed by atoms with Gasteiger partial charge in [-0.1, -0.05) is 13.8 Å². The molecule has 0 spiro atoms. The normalized spacial score (nSPS) is 49.6. The summed E-state index contributed by atoms with van der Waals surface area (Å²) in [5, 5.41) is 19.7. The van der Waals surface area contributed by atoms with Gasteiger partial charge in [-0.2, -0.15) is 0 Å². The maximum atomic E-state index is 14.3. The molecule has 0 saturated heterocycles. The van der Waals surface area contributed by atoms with E-state index in [4.69, 9.17) is 0 Å². The minimum atomic E-state index is -1.24. The molecule has 3 aliphatic carbocycles. The summed E-state index contributed by atoms with van der Waals surface area (Å²) in [6.45, 7) is 4.36. The van der Waals surface area contributed by atoms with Crippen LogP contribution in [0.3, 0.4) is 0 Å². The van der Waals surface area contributed by atoms with Crippen molar-refractivity contribution in [2.24, 2.45) is 34.5 Å². The predicted molar refractivity (Wildman–Crippen MR) is 91.9 cm³/mol. The van der Waals surface area contributed by atoms with Crippen LogP contribution >= 0.6 is 0 Å². The molecule has 7 atom stereocenters. The van der Waals surface area contributed by atoms with Crippen molar-refractivity contribution >= 4 is 5.91 Å². The smallest absolute Gasteiger partial charge is 0.282 e. The van der Waals surface area contributed by atoms with E-state index in [9.17, 15) is 19.4 Å². The fourth-order valence-electron chi connectivity index (χ4n) is 7.36. The van der Waals surface area contributed by atoms with E-state index < -0.39 is 18.0 Å². The number of halogens is 1. The van der Waals surface area contributed by atoms with Gasteiger partial charge in [0.1, 0.15) is 0 Å². The molecule has 2 N–H and O–H groups in total. The number of hydrogen-bond acceptors (Lipinski definition) is 3. The Morgan fingerprint density at radius 1 is 1.16 bits per heavy atom. The average Bonchev–Trinajstić information content (AvgIpc) is 2.90. The van der Waals surface area contributed by atoms with Gasteiger partial charge in [0, 0.05) is 24.4 Å². The number of carbonyl (C=O) groups is 1. The van der Waals surface area contributed by atoms with Gasteiger partial charge in [-0.05, 0) is 67.8 Å². The Hall–Kier alpha value is -0.940. The lowest BCUT2D eigenvalue weighted by Gasteiger charge is -2.60. The molecule has 4 nitrogen and oxygen atoms in total. The predicted octanol–water partition coefficient (Wildman–Crippen LogP) is 2.85. The highest BCUT2D eigenvalue weighted by molar-refractivity contribution is 5.92. The topological polar surface area (TPSA) is 60.8 Å². The van der Waals surface area contributed by atoms with Crippen molar-refractivity contribution in [2.75, 3.05) is 7.05 Å². The third kappa shape index (κ3) is 2.21. The first-order valence-corrected chi connectivity index (χ1v) is 9.72. The molecule has 3 fully saturated rings. The van der Waals surface area contributed by atoms with Crippen LogP contribution in [0.4, 0.5) is 4.39 Å². The molecule has 25 heavy (non-hydrogen) atoms. The second kappa shape index (κ2) is 5.53. The van der Waals surface area contributed by atoms with Crippen LogP contribution in [0.1, 0.15) is 52.4 Å². The Morgan fingerprint density at radius 3 is 2.56 bits per heavy atom. The standard InChI is InChI=1S/C20H30FNO3/c1-19-9-8-13-11(12(19)5-6-14(19)18(24)25)4-7-16-20(13,2)10-15(21)17(23)22(16)3/h10-14,16,18,24-25H,4-9H2,1-3H3/t11?,12-,13?,14+,16+,19-,20+/m0/s1. The Labute approximate surface area is 149 Å². The van der Waals surface area contributed by atoms with E-state index in [1.54, 1.807) is 18.0 Å². The maximum Gasteiger partial charge on any atom is 0.282 e. The molecular formula is C20H30FNO3. The fraction of sp³-hybridized carbons (Fsp3) is 0.850. The van der Waals surface area contributed by atoms with E-state index in [-0.39, 0.29) is 22.8 Å². The second-order valence-corrected chi connectivity index (χ2v) is 9.39. The summed E-state index contributed by atoms with van der Waals surface area (Å²) < 4.78 is 14.3. The van der Waals surface area contributed by atoms with E-state index in [0.29, 0.717) is 17.8 Å². The molecule has 0 aromatic rings. The van der Waals surface area contributed by atoms with Gasteiger partial charge < -0.3 is 15.1 Å². The summed E-state index contributed by atoms with van der Waals surface area (Å²) in [7, 11) is 1.73. The molecule has 0 bridgehead atoms. The first-order chi connectivity index (χ1) is 11.7. The van der Waals surface area contributed by atoms with Gasteiger partial charge in [-0.25, -0.2) is 4.39 Å². The summed E-state index contributed by atoms with van der Waals surface area (Å²) in [6, 6.07) is 0.0748. The van der Waals surface area contributed by atoms with Gasteiger partial charge in [0.2, 0.25) is 0 Å². The third-order valence-electron chi connectivity index (χ3n) is 8.59. The van der Waals surface area contributed by atoms with Gasteiger partial charge >= 0.3 is 0 Å². The zero-order valence-corrected chi connectivity index (χ0v) is 15.4. The van der Waals surface area contributed by atoms with Crippen molar-refractivity contribution < 1.29 is 19.4 Å². The molecule has 1 heterocycles. The van der Waals surface area contributed by atoms with E-state index in [1.165, 1.54) is 0 Å². The van der Waals surface area contributed by atoms with Crippen LogP contribution in [0.25, 0.3) is 0 Å². The van der Waals surface area contributed by atoms with Crippen LogP contribution in [-0.2, 0) is 4.79 Å². The summed E-state index contributed by atoms with van der Waals surface area (Å²) >= 11 is 0. The Bertz CT molecular complexity index is 620. The van der Waals surface area contributed by atoms with E-state index in [2.05, 4.69) is 13.8 Å². The monoisotopic (exact) mass is 351 g/mol. The average molecular weight is 351 g/mol. The molecule has 1 amide bonds. The number of nitrogens with zero attached hydrogens (tertiary/aromatic N) is 1. The number of likely N-dealkylation sites (N-methyl/N-ethyl adjacent to an activating group) is 1.